The van der Waals surface area contributed by atoms with Crippen LogP contribution >= 0.6 is 0 Å². The van der Waals surface area contributed by atoms with Gasteiger partial charge >= 0.3 is 12.1 Å². The minimum atomic E-state index is -5.98. The van der Waals surface area contributed by atoms with E-state index in [1.807, 2.05) is 0 Å². The normalized spacial score (nSPS) is 14.7. The second-order valence-electron chi connectivity index (χ2n) is 5.93. The van der Waals surface area contributed by atoms with E-state index in [4.69, 9.17) is 4.74 Å². The quantitative estimate of drug-likeness (QED) is 0.796. The summed E-state index contributed by atoms with van der Waals surface area (Å²) in [6.45, 7) is 0. The number of hydrogen-bond donors (Lipinski definition) is 1. The van der Waals surface area contributed by atoms with Crippen LogP contribution in [0.3, 0.4) is 0 Å². The zero-order valence-corrected chi connectivity index (χ0v) is 14.3. The first kappa shape index (κ1) is 20.0. The molecule has 0 saturated carbocycles. The molecule has 1 atom stereocenters. The van der Waals surface area contributed by atoms with Crippen molar-refractivity contribution in [2.24, 2.45) is 0 Å². The van der Waals surface area contributed by atoms with Gasteiger partial charge in [-0.15, -0.1) is 0 Å². The maximum Gasteiger partial charge on any atom is 0.457 e. The highest BCUT2D eigenvalue weighted by Crippen LogP contribution is 2.53. The fourth-order valence-corrected chi connectivity index (χ4v) is 2.73. The molecule has 1 N–H and O–H groups in total. The van der Waals surface area contributed by atoms with Crippen LogP contribution in [0, 0.1) is 0 Å². The third-order valence-corrected chi connectivity index (χ3v) is 4.07. The first-order valence-corrected chi connectivity index (χ1v) is 7.55. The standard InChI is InChI=1S/C18H18F5NO2/c1-24(2)15-10-5-4-9-14(15)16(25,17(19,20)18(21,22)23)12-7-6-8-13(11-12)26-3/h4-11,25H,1-3H3. The number of hydrogen-bond acceptors (Lipinski definition) is 3. The van der Waals surface area contributed by atoms with Crippen molar-refractivity contribution in [2.45, 2.75) is 17.7 Å². The Hall–Kier alpha value is -2.35. The van der Waals surface area contributed by atoms with Gasteiger partial charge in [-0.3, -0.25) is 0 Å². The Morgan fingerprint density at radius 1 is 0.923 bits per heavy atom. The summed E-state index contributed by atoms with van der Waals surface area (Å²) in [5.74, 6) is -5.42. The number of benzene rings is 2. The summed E-state index contributed by atoms with van der Waals surface area (Å²) in [4.78, 5) is 1.35. The van der Waals surface area contributed by atoms with E-state index in [0.717, 1.165) is 18.2 Å². The monoisotopic (exact) mass is 375 g/mol. The lowest BCUT2D eigenvalue weighted by molar-refractivity contribution is -0.336. The lowest BCUT2D eigenvalue weighted by Gasteiger charge is -2.39. The van der Waals surface area contributed by atoms with Gasteiger partial charge in [0.25, 0.3) is 0 Å². The zero-order valence-electron chi connectivity index (χ0n) is 14.3. The van der Waals surface area contributed by atoms with Crippen molar-refractivity contribution in [3.63, 3.8) is 0 Å². The van der Waals surface area contributed by atoms with E-state index in [1.165, 1.54) is 56.4 Å². The second kappa shape index (κ2) is 6.75. The van der Waals surface area contributed by atoms with Gasteiger partial charge in [-0.2, -0.15) is 22.0 Å². The number of halogens is 5. The molecule has 0 radical (unpaired) electrons. The SMILES string of the molecule is COc1cccc(C(O)(c2ccccc2N(C)C)C(F)(F)C(F)(F)F)c1. The predicted octanol–water partition coefficient (Wildman–Crippen LogP) is 4.19. The molecule has 2 aromatic rings. The minimum Gasteiger partial charge on any atom is -0.497 e. The molecular weight excluding hydrogens is 357 g/mol. The van der Waals surface area contributed by atoms with Crippen molar-refractivity contribution in [2.75, 3.05) is 26.1 Å². The Morgan fingerprint density at radius 3 is 2.08 bits per heavy atom. The summed E-state index contributed by atoms with van der Waals surface area (Å²) in [6.07, 6.45) is -5.98. The highest BCUT2D eigenvalue weighted by molar-refractivity contribution is 5.59. The van der Waals surface area contributed by atoms with Crippen molar-refractivity contribution in [1.29, 1.82) is 0 Å². The molecule has 2 rings (SSSR count). The van der Waals surface area contributed by atoms with E-state index < -0.39 is 28.8 Å². The lowest BCUT2D eigenvalue weighted by atomic mass is 9.79. The molecular formula is C18H18F5NO2. The van der Waals surface area contributed by atoms with Crippen LogP contribution in [0.25, 0.3) is 0 Å². The Labute approximate surface area is 147 Å². The van der Waals surface area contributed by atoms with Crippen molar-refractivity contribution < 1.29 is 31.8 Å². The summed E-state index contributed by atoms with van der Waals surface area (Å²) < 4.78 is 73.9. The van der Waals surface area contributed by atoms with E-state index in [-0.39, 0.29) is 11.4 Å². The van der Waals surface area contributed by atoms with Crippen molar-refractivity contribution in [3.8, 4) is 5.75 Å². The van der Waals surface area contributed by atoms with Crippen LogP contribution in [0.2, 0.25) is 0 Å². The number of methoxy groups -OCH3 is 1. The molecule has 26 heavy (non-hydrogen) atoms. The largest absolute Gasteiger partial charge is 0.497 e. The molecule has 0 aromatic heterocycles. The molecule has 0 spiro atoms. The highest BCUT2D eigenvalue weighted by atomic mass is 19.4. The number of rotatable bonds is 5. The number of aliphatic hydroxyl groups is 1. The molecule has 0 fully saturated rings. The summed E-state index contributed by atoms with van der Waals surface area (Å²) in [5, 5.41) is 10.9. The minimum absolute atomic E-state index is 0.0294. The maximum absolute atomic E-state index is 14.6. The fraction of sp³-hybridized carbons (Fsp3) is 0.333. The molecule has 0 saturated heterocycles. The Bertz CT molecular complexity index is 776. The Morgan fingerprint density at radius 2 is 1.54 bits per heavy atom. The van der Waals surface area contributed by atoms with E-state index in [0.29, 0.717) is 0 Å². The smallest absolute Gasteiger partial charge is 0.457 e. The Kier molecular flexibility index (Phi) is 5.19. The number of nitrogens with zero attached hydrogens (tertiary/aromatic N) is 1. The molecule has 0 bridgehead atoms. The molecule has 3 nitrogen and oxygen atoms in total. The molecule has 0 aliphatic rings. The van der Waals surface area contributed by atoms with Gasteiger partial charge in [0, 0.05) is 25.3 Å². The van der Waals surface area contributed by atoms with Crippen LogP contribution < -0.4 is 9.64 Å². The van der Waals surface area contributed by atoms with Crippen molar-refractivity contribution in [1.82, 2.24) is 0 Å². The number of para-hydroxylation sites is 1. The van der Waals surface area contributed by atoms with Gasteiger partial charge in [-0.1, -0.05) is 30.3 Å². The number of alkyl halides is 5. The second-order valence-corrected chi connectivity index (χ2v) is 5.93. The van der Waals surface area contributed by atoms with Gasteiger partial charge in [0.05, 0.1) is 7.11 Å². The van der Waals surface area contributed by atoms with Gasteiger partial charge in [-0.25, -0.2) is 0 Å². The van der Waals surface area contributed by atoms with Crippen LogP contribution in [0.15, 0.2) is 48.5 Å². The number of ether oxygens (including phenoxy) is 1. The lowest BCUT2D eigenvalue weighted by Crippen LogP contribution is -2.56. The summed E-state index contributed by atoms with van der Waals surface area (Å²) in [7, 11) is 4.21. The molecule has 0 amide bonds. The molecule has 0 aliphatic carbocycles. The maximum atomic E-state index is 14.6. The predicted molar refractivity (Wildman–Crippen MR) is 87.8 cm³/mol. The summed E-state index contributed by atoms with van der Waals surface area (Å²) in [6, 6.07) is 9.77. The molecule has 1 unspecified atom stereocenters. The average Bonchev–Trinajstić information content (AvgIpc) is 2.59. The Balaban J connectivity index is 2.88. The van der Waals surface area contributed by atoms with Crippen LogP contribution in [0.4, 0.5) is 27.6 Å². The molecule has 0 aliphatic heterocycles. The van der Waals surface area contributed by atoms with Crippen LogP contribution in [0.5, 0.6) is 5.75 Å². The molecule has 0 heterocycles. The van der Waals surface area contributed by atoms with E-state index in [1.54, 1.807) is 0 Å². The van der Waals surface area contributed by atoms with Crippen LogP contribution in [0.1, 0.15) is 11.1 Å². The third kappa shape index (κ3) is 3.09. The first-order chi connectivity index (χ1) is 12.0. The zero-order chi connectivity index (χ0) is 19.8. The summed E-state index contributed by atoms with van der Waals surface area (Å²) >= 11 is 0. The molecule has 8 heteroatoms. The van der Waals surface area contributed by atoms with Gasteiger partial charge in [0.1, 0.15) is 5.75 Å². The third-order valence-electron chi connectivity index (χ3n) is 4.07. The van der Waals surface area contributed by atoms with Crippen LogP contribution in [-0.4, -0.2) is 38.4 Å². The van der Waals surface area contributed by atoms with Gasteiger partial charge in [-0.05, 0) is 23.8 Å². The molecule has 142 valence electrons. The van der Waals surface area contributed by atoms with Gasteiger partial charge in [0.15, 0.2) is 5.60 Å². The fourth-order valence-electron chi connectivity index (χ4n) is 2.73. The van der Waals surface area contributed by atoms with E-state index in [9.17, 15) is 27.1 Å². The van der Waals surface area contributed by atoms with Gasteiger partial charge in [0.2, 0.25) is 0 Å². The average molecular weight is 375 g/mol. The number of anilines is 1. The first-order valence-electron chi connectivity index (χ1n) is 7.55. The van der Waals surface area contributed by atoms with Crippen LogP contribution in [-0.2, 0) is 5.60 Å². The van der Waals surface area contributed by atoms with Crippen molar-refractivity contribution >= 4 is 5.69 Å². The van der Waals surface area contributed by atoms with E-state index >= 15 is 0 Å². The topological polar surface area (TPSA) is 32.7 Å². The van der Waals surface area contributed by atoms with Gasteiger partial charge < -0.3 is 14.7 Å². The molecule has 2 aromatic carbocycles. The summed E-state index contributed by atoms with van der Waals surface area (Å²) in [5.41, 5.74) is -4.82. The highest BCUT2D eigenvalue weighted by Gasteiger charge is 2.71. The van der Waals surface area contributed by atoms with E-state index in [2.05, 4.69) is 0 Å². The van der Waals surface area contributed by atoms with Crippen molar-refractivity contribution in [3.05, 3.63) is 59.7 Å².